The number of nitrogens with zero attached hydrogens (tertiary/aromatic N) is 2. The predicted octanol–water partition coefficient (Wildman–Crippen LogP) is 1.05. The first-order chi connectivity index (χ1) is 5.63. The van der Waals surface area contributed by atoms with Crippen LogP contribution in [0.4, 0.5) is 0 Å². The third-order valence-electron chi connectivity index (χ3n) is 1.75. The van der Waals surface area contributed by atoms with Crippen LogP contribution in [0, 0.1) is 0 Å². The minimum absolute atomic E-state index is 0.0984. The van der Waals surface area contributed by atoms with Gasteiger partial charge in [0.15, 0.2) is 5.02 Å². The van der Waals surface area contributed by atoms with E-state index in [9.17, 15) is 9.90 Å². The van der Waals surface area contributed by atoms with Crippen LogP contribution in [0.3, 0.4) is 0 Å². The van der Waals surface area contributed by atoms with Crippen LogP contribution in [-0.4, -0.2) is 14.5 Å². The molecule has 0 amide bonds. The average molecular weight is 191 g/mol. The molecule has 1 rings (SSSR count). The summed E-state index contributed by atoms with van der Waals surface area (Å²) in [5, 5.41) is 9.24. The molecule has 12 heavy (non-hydrogen) atoms. The average Bonchev–Trinajstić information content (AvgIpc) is 2.29. The molecule has 1 aromatic heterocycles. The third-order valence-corrected chi connectivity index (χ3v) is 2.08. The van der Waals surface area contributed by atoms with E-state index in [4.69, 9.17) is 11.6 Å². The van der Waals surface area contributed by atoms with Gasteiger partial charge in [0, 0.05) is 13.1 Å². The molecule has 0 aliphatic heterocycles. The number of hydrogen-bond donors (Lipinski definition) is 1. The molecular weight excluding hydrogens is 180 g/mol. The fourth-order valence-electron chi connectivity index (χ4n) is 1.18. The SMILES string of the molecule is CCn1c(O)c(Cl)c(=O)n1CC. The second-order valence-corrected chi connectivity index (χ2v) is 2.75. The lowest BCUT2D eigenvalue weighted by Gasteiger charge is -2.06. The van der Waals surface area contributed by atoms with Crippen molar-refractivity contribution in [3.05, 3.63) is 15.4 Å². The monoisotopic (exact) mass is 190 g/mol. The molecule has 0 atom stereocenters. The van der Waals surface area contributed by atoms with Gasteiger partial charge in [0.2, 0.25) is 5.88 Å². The Morgan fingerprint density at radius 2 is 1.83 bits per heavy atom. The van der Waals surface area contributed by atoms with Crippen LogP contribution in [-0.2, 0) is 13.1 Å². The molecule has 0 aromatic carbocycles. The van der Waals surface area contributed by atoms with Crippen molar-refractivity contribution in [2.24, 2.45) is 0 Å². The van der Waals surface area contributed by atoms with Gasteiger partial charge in [-0.25, -0.2) is 4.68 Å². The summed E-state index contributed by atoms with van der Waals surface area (Å²) in [5.74, 6) is -0.147. The highest BCUT2D eigenvalue weighted by atomic mass is 35.5. The number of rotatable bonds is 2. The maximum Gasteiger partial charge on any atom is 0.289 e. The van der Waals surface area contributed by atoms with Crippen LogP contribution in [0.5, 0.6) is 5.88 Å². The molecule has 0 aliphatic rings. The maximum atomic E-state index is 11.3. The standard InChI is InChI=1S/C7H11ClN2O2/c1-3-9-6(11)5(8)7(12)10(9)4-2/h11H,3-4H2,1-2H3. The lowest BCUT2D eigenvalue weighted by atomic mass is 10.6. The Morgan fingerprint density at radius 3 is 2.17 bits per heavy atom. The van der Waals surface area contributed by atoms with E-state index in [1.807, 2.05) is 13.8 Å². The first kappa shape index (κ1) is 9.19. The Hall–Kier alpha value is -0.900. The van der Waals surface area contributed by atoms with E-state index in [0.717, 1.165) is 0 Å². The van der Waals surface area contributed by atoms with E-state index in [0.29, 0.717) is 13.1 Å². The number of halogens is 1. The van der Waals surface area contributed by atoms with Gasteiger partial charge in [-0.15, -0.1) is 0 Å². The minimum atomic E-state index is -0.335. The van der Waals surface area contributed by atoms with Gasteiger partial charge < -0.3 is 5.11 Å². The molecule has 1 heterocycles. The normalized spacial score (nSPS) is 10.6. The fraction of sp³-hybridized carbons (Fsp3) is 0.571. The molecule has 1 aromatic rings. The topological polar surface area (TPSA) is 47.2 Å². The molecule has 5 heteroatoms. The molecular formula is C7H11ClN2O2. The quantitative estimate of drug-likeness (QED) is 0.758. The van der Waals surface area contributed by atoms with Crippen molar-refractivity contribution in [1.29, 1.82) is 0 Å². The molecule has 0 bridgehead atoms. The van der Waals surface area contributed by atoms with Gasteiger partial charge in [0.25, 0.3) is 5.56 Å². The highest BCUT2D eigenvalue weighted by molar-refractivity contribution is 6.31. The first-order valence-electron chi connectivity index (χ1n) is 3.81. The molecule has 4 nitrogen and oxygen atoms in total. The smallest absolute Gasteiger partial charge is 0.289 e. The van der Waals surface area contributed by atoms with Crippen molar-refractivity contribution >= 4 is 11.6 Å². The molecule has 0 saturated heterocycles. The lowest BCUT2D eigenvalue weighted by molar-refractivity contribution is 0.366. The molecule has 0 unspecified atom stereocenters. The van der Waals surface area contributed by atoms with E-state index >= 15 is 0 Å². The predicted molar refractivity (Wildman–Crippen MR) is 46.7 cm³/mol. The van der Waals surface area contributed by atoms with E-state index in [-0.39, 0.29) is 16.5 Å². The van der Waals surface area contributed by atoms with E-state index < -0.39 is 0 Å². The lowest BCUT2D eigenvalue weighted by Crippen LogP contribution is -2.21. The summed E-state index contributed by atoms with van der Waals surface area (Å²) in [7, 11) is 0. The summed E-state index contributed by atoms with van der Waals surface area (Å²) in [6.07, 6.45) is 0. The van der Waals surface area contributed by atoms with Crippen LogP contribution in [0.1, 0.15) is 13.8 Å². The Morgan fingerprint density at radius 1 is 1.33 bits per heavy atom. The second kappa shape index (κ2) is 3.23. The van der Waals surface area contributed by atoms with Crippen molar-refractivity contribution in [2.75, 3.05) is 0 Å². The van der Waals surface area contributed by atoms with E-state index in [1.54, 1.807) is 0 Å². The van der Waals surface area contributed by atoms with Crippen molar-refractivity contribution < 1.29 is 5.11 Å². The minimum Gasteiger partial charge on any atom is -0.492 e. The van der Waals surface area contributed by atoms with Crippen LogP contribution >= 0.6 is 11.6 Å². The van der Waals surface area contributed by atoms with Crippen LogP contribution in [0.2, 0.25) is 5.02 Å². The highest BCUT2D eigenvalue weighted by Gasteiger charge is 2.14. The van der Waals surface area contributed by atoms with Crippen molar-refractivity contribution in [2.45, 2.75) is 26.9 Å². The highest BCUT2D eigenvalue weighted by Crippen LogP contribution is 2.18. The Labute approximate surface area is 75.0 Å². The summed E-state index contributed by atoms with van der Waals surface area (Å²) < 4.78 is 2.85. The summed E-state index contributed by atoms with van der Waals surface area (Å²) >= 11 is 5.56. The molecule has 0 fully saturated rings. The Bertz CT molecular complexity index is 340. The third kappa shape index (κ3) is 1.12. The van der Waals surface area contributed by atoms with Gasteiger partial charge in [0.05, 0.1) is 0 Å². The summed E-state index contributed by atoms with van der Waals surface area (Å²) in [4.78, 5) is 11.3. The van der Waals surface area contributed by atoms with Gasteiger partial charge >= 0.3 is 0 Å². The van der Waals surface area contributed by atoms with Gasteiger partial charge in [0.1, 0.15) is 0 Å². The van der Waals surface area contributed by atoms with Crippen LogP contribution < -0.4 is 5.56 Å². The van der Waals surface area contributed by atoms with Crippen molar-refractivity contribution in [1.82, 2.24) is 9.36 Å². The molecule has 0 saturated carbocycles. The van der Waals surface area contributed by atoms with Crippen LogP contribution in [0.15, 0.2) is 4.79 Å². The number of aromatic hydroxyl groups is 1. The second-order valence-electron chi connectivity index (χ2n) is 2.37. The van der Waals surface area contributed by atoms with Crippen LogP contribution in [0.25, 0.3) is 0 Å². The first-order valence-corrected chi connectivity index (χ1v) is 4.19. The number of hydrogen-bond acceptors (Lipinski definition) is 2. The fourth-order valence-corrected chi connectivity index (χ4v) is 1.38. The zero-order chi connectivity index (χ0) is 9.30. The van der Waals surface area contributed by atoms with E-state index in [1.165, 1.54) is 9.36 Å². The van der Waals surface area contributed by atoms with Gasteiger partial charge in [-0.3, -0.25) is 9.48 Å². The van der Waals surface area contributed by atoms with Crippen molar-refractivity contribution in [3.8, 4) is 5.88 Å². The van der Waals surface area contributed by atoms with Gasteiger partial charge in [-0.2, -0.15) is 0 Å². The maximum absolute atomic E-state index is 11.3. The van der Waals surface area contributed by atoms with Gasteiger partial charge in [-0.05, 0) is 13.8 Å². The summed E-state index contributed by atoms with van der Waals surface area (Å²) in [6, 6.07) is 0. The number of aromatic nitrogens is 2. The molecule has 0 radical (unpaired) electrons. The summed E-state index contributed by atoms with van der Waals surface area (Å²) in [6.45, 7) is 4.69. The van der Waals surface area contributed by atoms with Gasteiger partial charge in [-0.1, -0.05) is 11.6 Å². The molecule has 1 N–H and O–H groups in total. The van der Waals surface area contributed by atoms with Crippen molar-refractivity contribution in [3.63, 3.8) is 0 Å². The molecule has 68 valence electrons. The van der Waals surface area contributed by atoms with E-state index in [2.05, 4.69) is 0 Å². The zero-order valence-electron chi connectivity index (χ0n) is 7.04. The molecule has 0 aliphatic carbocycles. The Balaban J connectivity index is 3.44. The largest absolute Gasteiger partial charge is 0.492 e. The zero-order valence-corrected chi connectivity index (χ0v) is 7.80. The summed E-state index contributed by atoms with van der Waals surface area (Å²) in [5.41, 5.74) is -0.335. The molecule has 0 spiro atoms. The Kier molecular flexibility index (Phi) is 2.47.